The van der Waals surface area contributed by atoms with Gasteiger partial charge in [-0.2, -0.15) is 0 Å². The quantitative estimate of drug-likeness (QED) is 0.330. The molecule has 0 saturated carbocycles. The summed E-state index contributed by atoms with van der Waals surface area (Å²) in [5, 5.41) is 0.516. The van der Waals surface area contributed by atoms with Gasteiger partial charge in [0.2, 0.25) is 11.8 Å². The van der Waals surface area contributed by atoms with Crippen molar-refractivity contribution in [3.63, 3.8) is 0 Å². The van der Waals surface area contributed by atoms with Crippen molar-refractivity contribution >= 4 is 29.1 Å². The molecule has 2 amide bonds. The SMILES string of the molecule is CC(C)(C)c1ccc2c(c1)[C@H]1c3ccc(C(C)(C)C)cc3[C@@H]2[C@H]2C(=O)N(c3cccc(Cl)c3)C(=O)[C@H]12. The summed E-state index contributed by atoms with van der Waals surface area (Å²) in [6.07, 6.45) is 0. The van der Waals surface area contributed by atoms with Crippen molar-refractivity contribution in [2.24, 2.45) is 11.8 Å². The van der Waals surface area contributed by atoms with Crippen molar-refractivity contribution in [2.45, 2.75) is 64.2 Å². The second-order valence-electron chi connectivity index (χ2n) is 12.7. The summed E-state index contributed by atoms with van der Waals surface area (Å²) in [4.78, 5) is 29.5. The molecule has 3 nitrogen and oxygen atoms in total. The van der Waals surface area contributed by atoms with Crippen LogP contribution in [-0.2, 0) is 20.4 Å². The van der Waals surface area contributed by atoms with E-state index in [9.17, 15) is 9.59 Å². The van der Waals surface area contributed by atoms with Gasteiger partial charge in [-0.15, -0.1) is 0 Å². The molecule has 1 aliphatic heterocycles. The Balaban J connectivity index is 1.58. The molecule has 4 aliphatic rings. The van der Waals surface area contributed by atoms with Crippen molar-refractivity contribution in [1.29, 1.82) is 0 Å². The Morgan fingerprint density at radius 2 is 1.11 bits per heavy atom. The van der Waals surface area contributed by atoms with Gasteiger partial charge in [-0.25, -0.2) is 4.90 Å². The molecule has 36 heavy (non-hydrogen) atoms. The number of nitrogens with zero attached hydrogens (tertiary/aromatic N) is 1. The predicted octanol–water partition coefficient (Wildman–Crippen LogP) is 7.33. The molecule has 1 saturated heterocycles. The van der Waals surface area contributed by atoms with E-state index in [2.05, 4.69) is 77.9 Å². The number of anilines is 1. The van der Waals surface area contributed by atoms with Crippen LogP contribution in [0.5, 0.6) is 0 Å². The zero-order valence-corrected chi connectivity index (χ0v) is 22.5. The van der Waals surface area contributed by atoms with E-state index in [1.165, 1.54) is 38.3 Å². The van der Waals surface area contributed by atoms with Gasteiger partial charge in [0.05, 0.1) is 17.5 Å². The Bertz CT molecular complexity index is 1350. The maximum atomic E-state index is 14.0. The number of hydrogen-bond acceptors (Lipinski definition) is 2. The molecule has 4 heteroatoms. The van der Waals surface area contributed by atoms with E-state index in [0.717, 1.165) is 0 Å². The Morgan fingerprint density at radius 1 is 0.639 bits per heavy atom. The Morgan fingerprint density at radius 3 is 1.53 bits per heavy atom. The third kappa shape index (κ3) is 3.25. The topological polar surface area (TPSA) is 37.4 Å². The van der Waals surface area contributed by atoms with Gasteiger partial charge in [-0.3, -0.25) is 9.59 Å². The van der Waals surface area contributed by atoms with Crippen LogP contribution in [0.25, 0.3) is 0 Å². The van der Waals surface area contributed by atoms with Crippen LogP contribution >= 0.6 is 11.6 Å². The maximum absolute atomic E-state index is 14.0. The molecule has 0 spiro atoms. The fourth-order valence-electron chi connectivity index (χ4n) is 6.58. The highest BCUT2D eigenvalue weighted by molar-refractivity contribution is 6.31. The molecule has 0 radical (unpaired) electrons. The Hall–Kier alpha value is -2.91. The lowest BCUT2D eigenvalue weighted by Gasteiger charge is -2.47. The lowest BCUT2D eigenvalue weighted by Crippen LogP contribution is -2.42. The highest BCUT2D eigenvalue weighted by Gasteiger charge is 2.62. The standard InChI is InChI=1S/C32H32ClNO2/c1-31(2,3)17-10-12-21-23(14-17)25-22-13-11-18(32(4,5)6)15-24(22)26(21)28-27(25)29(35)34(30(28)36)20-9-7-8-19(33)16-20/h7-16,25-28H,1-6H3/t25-,26-,27-,28-/m1/s1. The fraction of sp³-hybridized carbons (Fsp3) is 0.375. The van der Waals surface area contributed by atoms with E-state index >= 15 is 0 Å². The van der Waals surface area contributed by atoms with E-state index in [0.29, 0.717) is 10.7 Å². The van der Waals surface area contributed by atoms with Crippen molar-refractivity contribution < 1.29 is 9.59 Å². The first-order valence-electron chi connectivity index (χ1n) is 12.8. The number of imide groups is 1. The van der Waals surface area contributed by atoms with Crippen LogP contribution in [0, 0.1) is 11.8 Å². The largest absolute Gasteiger partial charge is 0.274 e. The van der Waals surface area contributed by atoms with Gasteiger partial charge < -0.3 is 0 Å². The summed E-state index contributed by atoms with van der Waals surface area (Å²) in [7, 11) is 0. The lowest BCUT2D eigenvalue weighted by molar-refractivity contribution is -0.122. The van der Waals surface area contributed by atoms with Gasteiger partial charge in [0.15, 0.2) is 0 Å². The van der Waals surface area contributed by atoms with Gasteiger partial charge in [0, 0.05) is 16.9 Å². The van der Waals surface area contributed by atoms with Crippen molar-refractivity contribution in [2.75, 3.05) is 4.90 Å². The minimum atomic E-state index is -0.405. The lowest BCUT2D eigenvalue weighted by atomic mass is 9.54. The zero-order chi connectivity index (χ0) is 25.7. The maximum Gasteiger partial charge on any atom is 0.238 e. The van der Waals surface area contributed by atoms with E-state index in [-0.39, 0.29) is 34.5 Å². The highest BCUT2D eigenvalue weighted by Crippen LogP contribution is 2.62. The van der Waals surface area contributed by atoms with Gasteiger partial charge in [-0.1, -0.05) is 95.6 Å². The summed E-state index contributed by atoms with van der Waals surface area (Å²) < 4.78 is 0. The van der Waals surface area contributed by atoms with Gasteiger partial charge >= 0.3 is 0 Å². The second-order valence-corrected chi connectivity index (χ2v) is 13.1. The molecule has 0 N–H and O–H groups in total. The molecule has 1 fully saturated rings. The smallest absolute Gasteiger partial charge is 0.238 e. The van der Waals surface area contributed by atoms with Crippen LogP contribution in [0.4, 0.5) is 5.69 Å². The monoisotopic (exact) mass is 497 g/mol. The van der Waals surface area contributed by atoms with E-state index in [1.54, 1.807) is 24.3 Å². The number of benzene rings is 3. The summed E-state index contributed by atoms with van der Waals surface area (Å²) in [5.41, 5.74) is 7.86. The molecular weight excluding hydrogens is 466 g/mol. The molecular formula is C32H32ClNO2. The minimum absolute atomic E-state index is 0.00757. The third-order valence-electron chi connectivity index (χ3n) is 8.43. The summed E-state index contributed by atoms with van der Waals surface area (Å²) >= 11 is 6.26. The van der Waals surface area contributed by atoms with Gasteiger partial charge in [-0.05, 0) is 62.4 Å². The molecule has 3 aromatic carbocycles. The predicted molar refractivity (Wildman–Crippen MR) is 145 cm³/mol. The number of hydrogen-bond donors (Lipinski definition) is 0. The molecule has 3 aliphatic carbocycles. The van der Waals surface area contributed by atoms with Crippen LogP contribution in [-0.4, -0.2) is 11.8 Å². The highest BCUT2D eigenvalue weighted by atomic mass is 35.5. The van der Waals surface area contributed by atoms with Crippen LogP contribution in [0.1, 0.15) is 86.8 Å². The Labute approximate surface area is 218 Å². The number of halogens is 1. The molecule has 2 bridgehead atoms. The van der Waals surface area contributed by atoms with E-state index in [4.69, 9.17) is 11.6 Å². The summed E-state index contributed by atoms with van der Waals surface area (Å²) in [5.74, 6) is -1.31. The molecule has 7 rings (SSSR count). The van der Waals surface area contributed by atoms with Crippen LogP contribution in [0.15, 0.2) is 60.7 Å². The summed E-state index contributed by atoms with van der Waals surface area (Å²) in [6, 6.07) is 20.5. The molecule has 3 aromatic rings. The number of rotatable bonds is 1. The van der Waals surface area contributed by atoms with Gasteiger partial charge in [0.1, 0.15) is 0 Å². The first-order valence-corrected chi connectivity index (χ1v) is 13.2. The fourth-order valence-corrected chi connectivity index (χ4v) is 6.76. The van der Waals surface area contributed by atoms with Crippen LogP contribution < -0.4 is 4.90 Å². The molecule has 0 aromatic heterocycles. The van der Waals surface area contributed by atoms with Crippen LogP contribution in [0.2, 0.25) is 5.02 Å². The average Bonchev–Trinajstić information content (AvgIpc) is 3.07. The van der Waals surface area contributed by atoms with E-state index in [1.807, 2.05) is 0 Å². The van der Waals surface area contributed by atoms with Gasteiger partial charge in [0.25, 0.3) is 0 Å². The first-order chi connectivity index (χ1) is 16.9. The normalized spacial score (nSPS) is 24.6. The molecule has 184 valence electrons. The average molecular weight is 498 g/mol. The van der Waals surface area contributed by atoms with Crippen molar-refractivity contribution in [1.82, 2.24) is 0 Å². The first kappa shape index (κ1) is 23.5. The number of carbonyl (C=O) groups is 2. The third-order valence-corrected chi connectivity index (χ3v) is 8.66. The molecule has 1 heterocycles. The van der Waals surface area contributed by atoms with Crippen molar-refractivity contribution in [3.8, 4) is 0 Å². The Kier molecular flexibility index (Phi) is 4.93. The van der Waals surface area contributed by atoms with Crippen LogP contribution in [0.3, 0.4) is 0 Å². The minimum Gasteiger partial charge on any atom is -0.274 e. The summed E-state index contributed by atoms with van der Waals surface area (Å²) in [6.45, 7) is 13.3. The van der Waals surface area contributed by atoms with Crippen molar-refractivity contribution in [3.05, 3.63) is 99.1 Å². The number of carbonyl (C=O) groups excluding carboxylic acids is 2. The van der Waals surface area contributed by atoms with E-state index < -0.39 is 11.8 Å². The number of amides is 2. The zero-order valence-electron chi connectivity index (χ0n) is 21.7. The molecule has 4 atom stereocenters. The second kappa shape index (κ2) is 7.55. The molecule has 0 unspecified atom stereocenters.